The average molecular weight is 371 g/mol. The molecule has 0 aliphatic heterocycles. The van der Waals surface area contributed by atoms with Gasteiger partial charge in [0.1, 0.15) is 6.04 Å². The van der Waals surface area contributed by atoms with E-state index in [0.717, 1.165) is 19.3 Å². The minimum absolute atomic E-state index is 0.118. The first-order chi connectivity index (χ1) is 11.8. The molecule has 0 aliphatic rings. The Hall–Kier alpha value is -1.69. The molecule has 1 aromatic carbocycles. The van der Waals surface area contributed by atoms with Gasteiger partial charge in [0.2, 0.25) is 0 Å². The summed E-state index contributed by atoms with van der Waals surface area (Å²) in [4.78, 5) is 31.7. The lowest BCUT2D eigenvalue weighted by Gasteiger charge is -2.19. The molecule has 0 radical (unpaired) electrons. The highest BCUT2D eigenvalue weighted by Crippen LogP contribution is 2.40. The Balaban J connectivity index is 2.37. The van der Waals surface area contributed by atoms with Crippen LogP contribution >= 0.6 is 7.52 Å². The molecule has 25 heavy (non-hydrogen) atoms. The number of hydrogen-bond acceptors (Lipinski definition) is 3. The van der Waals surface area contributed by atoms with E-state index in [0.29, 0.717) is 18.4 Å². The molecule has 8 heteroatoms. The number of aliphatic carboxylic acids is 2. The van der Waals surface area contributed by atoms with Crippen LogP contribution in [0.15, 0.2) is 30.3 Å². The standard InChI is InChI=1S/C17H26NO6P/c19-16(20)12-8-3-1-2-7-11-15(17(21)22)18-25(23,24)13-14-9-5-4-6-10-14/h4-6,9-10,15H,1-3,7-8,11-13H2,(H,19,20)(H,21,22)(H2,18,23,24). The first-order valence-electron chi connectivity index (χ1n) is 8.38. The number of carbonyl (C=O) groups is 2. The molecule has 1 aromatic rings. The van der Waals surface area contributed by atoms with Crippen LogP contribution in [0.5, 0.6) is 0 Å². The molecule has 0 aromatic heterocycles. The summed E-state index contributed by atoms with van der Waals surface area (Å²) in [5.41, 5.74) is 0.670. The van der Waals surface area contributed by atoms with Gasteiger partial charge in [-0.3, -0.25) is 14.2 Å². The van der Waals surface area contributed by atoms with Crippen molar-refractivity contribution in [3.8, 4) is 0 Å². The minimum atomic E-state index is -3.80. The average Bonchev–Trinajstić information content (AvgIpc) is 2.52. The summed E-state index contributed by atoms with van der Waals surface area (Å²) >= 11 is 0. The zero-order valence-corrected chi connectivity index (χ0v) is 15.0. The Morgan fingerprint density at radius 2 is 1.60 bits per heavy atom. The van der Waals surface area contributed by atoms with Crippen molar-refractivity contribution in [1.29, 1.82) is 0 Å². The smallest absolute Gasteiger partial charge is 0.321 e. The van der Waals surface area contributed by atoms with Gasteiger partial charge in [-0.2, -0.15) is 0 Å². The molecule has 0 saturated carbocycles. The number of carboxylic acid groups (broad SMARTS) is 2. The maximum atomic E-state index is 12.3. The van der Waals surface area contributed by atoms with Gasteiger partial charge in [0.05, 0.1) is 6.16 Å². The largest absolute Gasteiger partial charge is 0.481 e. The summed E-state index contributed by atoms with van der Waals surface area (Å²) in [6, 6.07) is 7.69. The summed E-state index contributed by atoms with van der Waals surface area (Å²) < 4.78 is 12.3. The van der Waals surface area contributed by atoms with Gasteiger partial charge in [-0.15, -0.1) is 0 Å². The molecule has 0 aliphatic carbocycles. The van der Waals surface area contributed by atoms with Crippen LogP contribution in [-0.4, -0.2) is 33.1 Å². The maximum Gasteiger partial charge on any atom is 0.321 e. The lowest BCUT2D eigenvalue weighted by molar-refractivity contribution is -0.139. The van der Waals surface area contributed by atoms with E-state index >= 15 is 0 Å². The molecule has 0 amide bonds. The molecule has 2 unspecified atom stereocenters. The first-order valence-corrected chi connectivity index (χ1v) is 10.2. The molecule has 1 rings (SSSR count). The monoisotopic (exact) mass is 371 g/mol. The fraction of sp³-hybridized carbons (Fsp3) is 0.529. The Bertz CT molecular complexity index is 592. The number of benzene rings is 1. The van der Waals surface area contributed by atoms with Gasteiger partial charge in [0.25, 0.3) is 7.52 Å². The van der Waals surface area contributed by atoms with Crippen molar-refractivity contribution in [2.75, 3.05) is 0 Å². The van der Waals surface area contributed by atoms with Crippen LogP contribution in [0.2, 0.25) is 0 Å². The van der Waals surface area contributed by atoms with Crippen LogP contribution in [0.4, 0.5) is 0 Å². The molecule has 0 saturated heterocycles. The molecule has 0 fully saturated rings. The molecule has 2 atom stereocenters. The van der Waals surface area contributed by atoms with E-state index < -0.39 is 25.5 Å². The predicted octanol–water partition coefficient (Wildman–Crippen LogP) is 3.23. The van der Waals surface area contributed by atoms with Gasteiger partial charge < -0.3 is 15.1 Å². The van der Waals surface area contributed by atoms with Crippen molar-refractivity contribution in [2.24, 2.45) is 0 Å². The molecule has 0 heterocycles. The van der Waals surface area contributed by atoms with Gasteiger partial charge in [-0.1, -0.05) is 56.0 Å². The highest BCUT2D eigenvalue weighted by atomic mass is 31.2. The van der Waals surface area contributed by atoms with Crippen molar-refractivity contribution < 1.29 is 29.3 Å². The van der Waals surface area contributed by atoms with Gasteiger partial charge >= 0.3 is 11.9 Å². The number of hydrogen-bond donors (Lipinski definition) is 4. The van der Waals surface area contributed by atoms with E-state index in [-0.39, 0.29) is 19.0 Å². The quantitative estimate of drug-likeness (QED) is 0.310. The summed E-state index contributed by atoms with van der Waals surface area (Å²) in [5, 5.41) is 20.2. The SMILES string of the molecule is O=C(O)CCCCCCCC(NP(=O)(O)Cc1ccccc1)C(=O)O. The zero-order valence-electron chi connectivity index (χ0n) is 14.1. The molecule has 4 N–H and O–H groups in total. The molecule has 0 bridgehead atoms. The second kappa shape index (κ2) is 11.0. The third-order valence-electron chi connectivity index (χ3n) is 3.78. The number of rotatable bonds is 13. The predicted molar refractivity (Wildman–Crippen MR) is 94.5 cm³/mol. The van der Waals surface area contributed by atoms with E-state index in [4.69, 9.17) is 5.11 Å². The summed E-state index contributed by atoms with van der Waals surface area (Å²) in [6.07, 6.45) is 3.86. The van der Waals surface area contributed by atoms with Crippen molar-refractivity contribution in [1.82, 2.24) is 5.09 Å². The summed E-state index contributed by atoms with van der Waals surface area (Å²) in [5.74, 6) is -1.96. The van der Waals surface area contributed by atoms with Crippen LogP contribution in [-0.2, 0) is 20.3 Å². The van der Waals surface area contributed by atoms with E-state index in [9.17, 15) is 24.2 Å². The summed E-state index contributed by atoms with van der Waals surface area (Å²) in [7, 11) is -3.80. The lowest BCUT2D eigenvalue weighted by atomic mass is 10.1. The first kappa shape index (κ1) is 21.4. The topological polar surface area (TPSA) is 124 Å². The van der Waals surface area contributed by atoms with Crippen LogP contribution in [0.1, 0.15) is 50.5 Å². The van der Waals surface area contributed by atoms with Gasteiger partial charge in [0.15, 0.2) is 0 Å². The number of unbranched alkanes of at least 4 members (excludes halogenated alkanes) is 4. The van der Waals surface area contributed by atoms with Crippen molar-refractivity contribution in [2.45, 2.75) is 57.1 Å². The highest BCUT2D eigenvalue weighted by molar-refractivity contribution is 7.55. The van der Waals surface area contributed by atoms with Gasteiger partial charge in [-0.25, -0.2) is 5.09 Å². The maximum absolute atomic E-state index is 12.3. The number of nitrogens with one attached hydrogen (secondary N) is 1. The normalized spacial score (nSPS) is 14.6. The second-order valence-electron chi connectivity index (χ2n) is 6.07. The fourth-order valence-electron chi connectivity index (χ4n) is 2.52. The van der Waals surface area contributed by atoms with Crippen molar-refractivity contribution in [3.05, 3.63) is 35.9 Å². The summed E-state index contributed by atoms with van der Waals surface area (Å²) in [6.45, 7) is 0. The van der Waals surface area contributed by atoms with E-state index in [2.05, 4.69) is 5.09 Å². The second-order valence-corrected chi connectivity index (χ2v) is 8.04. The molecular formula is C17H26NO6P. The highest BCUT2D eigenvalue weighted by Gasteiger charge is 2.27. The Kier molecular flexibility index (Phi) is 9.42. The van der Waals surface area contributed by atoms with E-state index in [1.165, 1.54) is 0 Å². The van der Waals surface area contributed by atoms with Crippen LogP contribution in [0.25, 0.3) is 0 Å². The van der Waals surface area contributed by atoms with E-state index in [1.807, 2.05) is 0 Å². The Morgan fingerprint density at radius 1 is 1.00 bits per heavy atom. The Morgan fingerprint density at radius 3 is 2.20 bits per heavy atom. The molecule has 7 nitrogen and oxygen atoms in total. The molecule has 0 spiro atoms. The Labute approximate surface area is 147 Å². The number of carboxylic acids is 2. The van der Waals surface area contributed by atoms with Crippen LogP contribution in [0.3, 0.4) is 0 Å². The van der Waals surface area contributed by atoms with Crippen LogP contribution in [0, 0.1) is 0 Å². The third kappa shape index (κ3) is 10.0. The van der Waals surface area contributed by atoms with Gasteiger partial charge in [-0.05, 0) is 18.4 Å². The fourth-order valence-corrected chi connectivity index (χ4v) is 4.04. The lowest BCUT2D eigenvalue weighted by Crippen LogP contribution is -2.34. The molecular weight excluding hydrogens is 345 g/mol. The van der Waals surface area contributed by atoms with Crippen LogP contribution < -0.4 is 5.09 Å². The van der Waals surface area contributed by atoms with Gasteiger partial charge in [0, 0.05) is 6.42 Å². The molecule has 140 valence electrons. The zero-order chi connectivity index (χ0) is 18.7. The third-order valence-corrected chi connectivity index (χ3v) is 5.29. The van der Waals surface area contributed by atoms with E-state index in [1.54, 1.807) is 30.3 Å². The van der Waals surface area contributed by atoms with Crippen molar-refractivity contribution >= 4 is 19.5 Å². The van der Waals surface area contributed by atoms with Crippen molar-refractivity contribution in [3.63, 3.8) is 0 Å². The minimum Gasteiger partial charge on any atom is -0.481 e.